The van der Waals surface area contributed by atoms with Gasteiger partial charge in [-0.25, -0.2) is 0 Å². The van der Waals surface area contributed by atoms with E-state index in [2.05, 4.69) is 0 Å². The highest BCUT2D eigenvalue weighted by Gasteiger charge is 2.30. The second-order valence-corrected chi connectivity index (χ2v) is 4.70. The molecule has 0 radical (unpaired) electrons. The van der Waals surface area contributed by atoms with Gasteiger partial charge in [-0.05, 0) is 33.6 Å². The van der Waals surface area contributed by atoms with E-state index in [1.165, 1.54) is 0 Å². The molecule has 1 aliphatic rings. The molecule has 2 N–H and O–H groups in total. The molecule has 1 heterocycles. The van der Waals surface area contributed by atoms with E-state index in [0.717, 1.165) is 19.4 Å². The van der Waals surface area contributed by atoms with Crippen molar-refractivity contribution in [3.8, 4) is 0 Å². The van der Waals surface area contributed by atoms with Crippen LogP contribution < -0.4 is 5.73 Å². The highest BCUT2D eigenvalue weighted by atomic mass is 16.5. The Balaban J connectivity index is 2.53. The third-order valence-corrected chi connectivity index (χ3v) is 2.68. The van der Waals surface area contributed by atoms with Crippen LogP contribution in [0, 0.1) is 0 Å². The highest BCUT2D eigenvalue weighted by molar-refractivity contribution is 5.82. The van der Waals surface area contributed by atoms with Crippen LogP contribution in [0.4, 0.5) is 0 Å². The lowest BCUT2D eigenvalue weighted by molar-refractivity contribution is -0.139. The zero-order chi connectivity index (χ0) is 11.5. The first-order chi connectivity index (χ1) is 6.96. The molecule has 1 saturated heterocycles. The van der Waals surface area contributed by atoms with Crippen molar-refractivity contribution in [2.24, 2.45) is 5.73 Å². The van der Waals surface area contributed by atoms with Gasteiger partial charge < -0.3 is 15.4 Å². The zero-order valence-electron chi connectivity index (χ0n) is 9.95. The SMILES string of the molecule is CCOC(C)(C)CN1CCCC(N)C1=O. The summed E-state index contributed by atoms with van der Waals surface area (Å²) in [6.07, 6.45) is 1.81. The van der Waals surface area contributed by atoms with Crippen LogP contribution in [-0.2, 0) is 9.53 Å². The van der Waals surface area contributed by atoms with Crippen LogP contribution in [0.25, 0.3) is 0 Å². The smallest absolute Gasteiger partial charge is 0.239 e. The van der Waals surface area contributed by atoms with Crippen molar-refractivity contribution in [1.29, 1.82) is 0 Å². The van der Waals surface area contributed by atoms with Crippen molar-refractivity contribution in [2.45, 2.75) is 45.3 Å². The Labute approximate surface area is 91.8 Å². The Morgan fingerprint density at radius 3 is 2.87 bits per heavy atom. The van der Waals surface area contributed by atoms with E-state index in [1.807, 2.05) is 25.7 Å². The van der Waals surface area contributed by atoms with Crippen molar-refractivity contribution in [2.75, 3.05) is 19.7 Å². The summed E-state index contributed by atoms with van der Waals surface area (Å²) < 4.78 is 5.58. The van der Waals surface area contributed by atoms with Gasteiger partial charge in [0.05, 0.1) is 11.6 Å². The Kier molecular flexibility index (Phi) is 4.11. The van der Waals surface area contributed by atoms with Gasteiger partial charge in [0.1, 0.15) is 0 Å². The quantitative estimate of drug-likeness (QED) is 0.751. The number of carbonyl (C=O) groups excluding carboxylic acids is 1. The van der Waals surface area contributed by atoms with Crippen molar-refractivity contribution >= 4 is 5.91 Å². The van der Waals surface area contributed by atoms with Gasteiger partial charge >= 0.3 is 0 Å². The number of ether oxygens (including phenoxy) is 1. The van der Waals surface area contributed by atoms with E-state index >= 15 is 0 Å². The first-order valence-electron chi connectivity index (χ1n) is 5.64. The molecule has 1 atom stereocenters. The van der Waals surface area contributed by atoms with E-state index in [4.69, 9.17) is 10.5 Å². The molecule has 0 aromatic heterocycles. The number of rotatable bonds is 4. The Hall–Kier alpha value is -0.610. The summed E-state index contributed by atoms with van der Waals surface area (Å²) >= 11 is 0. The van der Waals surface area contributed by atoms with E-state index < -0.39 is 0 Å². The van der Waals surface area contributed by atoms with Crippen LogP contribution in [-0.4, -0.2) is 42.1 Å². The number of nitrogens with zero attached hydrogens (tertiary/aromatic N) is 1. The van der Waals surface area contributed by atoms with Crippen molar-refractivity contribution < 1.29 is 9.53 Å². The molecular weight excluding hydrogens is 192 g/mol. The summed E-state index contributed by atoms with van der Waals surface area (Å²) in [5, 5.41) is 0. The maximum absolute atomic E-state index is 11.8. The predicted octanol–water partition coefficient (Wildman–Crippen LogP) is 0.751. The topological polar surface area (TPSA) is 55.6 Å². The second kappa shape index (κ2) is 4.94. The molecule has 0 aliphatic carbocycles. The molecule has 4 nitrogen and oxygen atoms in total. The lowest BCUT2D eigenvalue weighted by Crippen LogP contribution is -2.53. The van der Waals surface area contributed by atoms with Crippen molar-refractivity contribution in [3.63, 3.8) is 0 Å². The molecule has 1 rings (SSSR count). The molecular formula is C11H22N2O2. The third-order valence-electron chi connectivity index (χ3n) is 2.68. The van der Waals surface area contributed by atoms with E-state index in [0.29, 0.717) is 13.2 Å². The minimum absolute atomic E-state index is 0.0639. The van der Waals surface area contributed by atoms with Crippen molar-refractivity contribution in [1.82, 2.24) is 4.90 Å². The van der Waals surface area contributed by atoms with Gasteiger partial charge in [0.25, 0.3) is 0 Å². The lowest BCUT2D eigenvalue weighted by Gasteiger charge is -2.36. The number of amides is 1. The summed E-state index contributed by atoms with van der Waals surface area (Å²) in [6, 6.07) is -0.309. The second-order valence-electron chi connectivity index (χ2n) is 4.70. The molecule has 15 heavy (non-hydrogen) atoms. The molecule has 1 fully saturated rings. The van der Waals surface area contributed by atoms with Crippen LogP contribution in [0.2, 0.25) is 0 Å². The average Bonchev–Trinajstić information content (AvgIpc) is 2.12. The summed E-state index contributed by atoms with van der Waals surface area (Å²) in [7, 11) is 0. The van der Waals surface area contributed by atoms with Gasteiger partial charge in [-0.15, -0.1) is 0 Å². The minimum Gasteiger partial charge on any atom is -0.374 e. The number of hydrogen-bond acceptors (Lipinski definition) is 3. The van der Waals surface area contributed by atoms with Gasteiger partial charge in [-0.1, -0.05) is 0 Å². The summed E-state index contributed by atoms with van der Waals surface area (Å²) in [4.78, 5) is 13.6. The van der Waals surface area contributed by atoms with E-state index in [9.17, 15) is 4.79 Å². The van der Waals surface area contributed by atoms with Crippen LogP contribution in [0.1, 0.15) is 33.6 Å². The summed E-state index contributed by atoms with van der Waals surface area (Å²) in [6.45, 7) is 8.08. The fraction of sp³-hybridized carbons (Fsp3) is 0.909. The van der Waals surface area contributed by atoms with E-state index in [-0.39, 0.29) is 17.6 Å². The number of hydrogen-bond donors (Lipinski definition) is 1. The average molecular weight is 214 g/mol. The first kappa shape index (κ1) is 12.5. The molecule has 4 heteroatoms. The summed E-state index contributed by atoms with van der Waals surface area (Å²) in [5.74, 6) is 0.0639. The fourth-order valence-corrected chi connectivity index (χ4v) is 2.02. The van der Waals surface area contributed by atoms with Gasteiger partial charge in [0, 0.05) is 19.7 Å². The zero-order valence-corrected chi connectivity index (χ0v) is 9.95. The molecule has 0 aromatic carbocycles. The Morgan fingerprint density at radius 2 is 2.27 bits per heavy atom. The molecule has 1 aliphatic heterocycles. The van der Waals surface area contributed by atoms with Crippen LogP contribution in [0.3, 0.4) is 0 Å². The van der Waals surface area contributed by atoms with Gasteiger partial charge in [-0.3, -0.25) is 4.79 Å². The largest absolute Gasteiger partial charge is 0.374 e. The molecule has 88 valence electrons. The molecule has 0 bridgehead atoms. The molecule has 0 spiro atoms. The van der Waals surface area contributed by atoms with Crippen LogP contribution >= 0.6 is 0 Å². The Morgan fingerprint density at radius 1 is 1.60 bits per heavy atom. The predicted molar refractivity (Wildman–Crippen MR) is 59.5 cm³/mol. The highest BCUT2D eigenvalue weighted by Crippen LogP contribution is 2.16. The molecule has 0 aromatic rings. The summed E-state index contributed by atoms with van der Waals surface area (Å²) in [5.41, 5.74) is 5.45. The monoisotopic (exact) mass is 214 g/mol. The normalized spacial score (nSPS) is 23.3. The maximum atomic E-state index is 11.8. The first-order valence-corrected chi connectivity index (χ1v) is 5.64. The van der Waals surface area contributed by atoms with Crippen molar-refractivity contribution in [3.05, 3.63) is 0 Å². The number of likely N-dealkylation sites (tertiary alicyclic amines) is 1. The molecule has 1 unspecified atom stereocenters. The van der Waals surface area contributed by atoms with Gasteiger partial charge in [0.15, 0.2) is 0 Å². The number of piperidine rings is 1. The number of nitrogens with two attached hydrogens (primary N) is 1. The van der Waals surface area contributed by atoms with Gasteiger partial charge in [0.2, 0.25) is 5.91 Å². The Bertz CT molecular complexity index is 229. The van der Waals surface area contributed by atoms with Crippen LogP contribution in [0.5, 0.6) is 0 Å². The standard InChI is InChI=1S/C11H22N2O2/c1-4-15-11(2,3)8-13-7-5-6-9(12)10(13)14/h9H,4-8,12H2,1-3H3. The van der Waals surface area contributed by atoms with Crippen LogP contribution in [0.15, 0.2) is 0 Å². The fourth-order valence-electron chi connectivity index (χ4n) is 2.02. The minimum atomic E-state index is -0.309. The maximum Gasteiger partial charge on any atom is 0.239 e. The van der Waals surface area contributed by atoms with E-state index in [1.54, 1.807) is 0 Å². The number of carbonyl (C=O) groups is 1. The lowest BCUT2D eigenvalue weighted by atomic mass is 10.0. The third kappa shape index (κ3) is 3.47. The molecule has 1 amide bonds. The molecule has 0 saturated carbocycles. The van der Waals surface area contributed by atoms with Gasteiger partial charge in [-0.2, -0.15) is 0 Å².